The van der Waals surface area contributed by atoms with Crippen molar-refractivity contribution in [1.29, 1.82) is 0 Å². The standard InChI is InChI=1S/C16H15ClO2/c1-12-7-14(9-17)15(10-18)16(8-12)19-11-13-5-3-2-4-6-13/h2-8,10H,9,11H2,1H3. The average Bonchev–Trinajstić information content (AvgIpc) is 2.45. The molecule has 0 fully saturated rings. The SMILES string of the molecule is Cc1cc(CCl)c(C=O)c(OCc2ccccc2)c1. The predicted molar refractivity (Wildman–Crippen MR) is 76.9 cm³/mol. The van der Waals surface area contributed by atoms with Crippen LogP contribution in [0.2, 0.25) is 0 Å². The molecule has 0 aliphatic heterocycles. The number of ether oxygens (including phenoxy) is 1. The summed E-state index contributed by atoms with van der Waals surface area (Å²) in [7, 11) is 0. The van der Waals surface area contributed by atoms with Crippen molar-refractivity contribution in [3.05, 3.63) is 64.7 Å². The summed E-state index contributed by atoms with van der Waals surface area (Å²) in [5, 5.41) is 0. The Kier molecular flexibility index (Phi) is 4.58. The maximum atomic E-state index is 11.2. The number of rotatable bonds is 5. The van der Waals surface area contributed by atoms with Crippen LogP contribution in [0.3, 0.4) is 0 Å². The first kappa shape index (κ1) is 13.6. The molecule has 0 unspecified atom stereocenters. The molecule has 98 valence electrons. The van der Waals surface area contributed by atoms with Gasteiger partial charge in [0.1, 0.15) is 12.4 Å². The van der Waals surface area contributed by atoms with Gasteiger partial charge in [-0.2, -0.15) is 0 Å². The topological polar surface area (TPSA) is 26.3 Å². The molecule has 2 rings (SSSR count). The molecule has 0 spiro atoms. The lowest BCUT2D eigenvalue weighted by molar-refractivity contribution is 0.111. The summed E-state index contributed by atoms with van der Waals surface area (Å²) in [5.41, 5.74) is 3.44. The molecular formula is C16H15ClO2. The number of halogens is 1. The largest absolute Gasteiger partial charge is 0.488 e. The van der Waals surface area contributed by atoms with E-state index in [2.05, 4.69) is 0 Å². The summed E-state index contributed by atoms with van der Waals surface area (Å²) in [5.74, 6) is 0.895. The van der Waals surface area contributed by atoms with E-state index >= 15 is 0 Å². The highest BCUT2D eigenvalue weighted by Gasteiger charge is 2.10. The quantitative estimate of drug-likeness (QED) is 0.605. The second-order valence-electron chi connectivity index (χ2n) is 4.36. The van der Waals surface area contributed by atoms with Crippen molar-refractivity contribution in [3.63, 3.8) is 0 Å². The van der Waals surface area contributed by atoms with Gasteiger partial charge in [0.05, 0.1) is 5.56 Å². The fourth-order valence-electron chi connectivity index (χ4n) is 1.94. The van der Waals surface area contributed by atoms with Crippen molar-refractivity contribution in [1.82, 2.24) is 0 Å². The number of alkyl halides is 1. The molecule has 0 aliphatic carbocycles. The third kappa shape index (κ3) is 3.36. The van der Waals surface area contributed by atoms with Gasteiger partial charge >= 0.3 is 0 Å². The number of benzene rings is 2. The van der Waals surface area contributed by atoms with Gasteiger partial charge < -0.3 is 4.74 Å². The molecule has 0 atom stereocenters. The molecule has 2 aromatic carbocycles. The molecule has 0 aliphatic rings. The van der Waals surface area contributed by atoms with Gasteiger partial charge in [-0.15, -0.1) is 11.6 Å². The van der Waals surface area contributed by atoms with E-state index in [0.29, 0.717) is 23.8 Å². The van der Waals surface area contributed by atoms with E-state index in [1.54, 1.807) is 0 Å². The Labute approximate surface area is 118 Å². The minimum absolute atomic E-state index is 0.303. The van der Waals surface area contributed by atoms with E-state index in [9.17, 15) is 4.79 Å². The third-order valence-electron chi connectivity index (χ3n) is 2.87. The highest BCUT2D eigenvalue weighted by atomic mass is 35.5. The van der Waals surface area contributed by atoms with Gasteiger partial charge in [-0.25, -0.2) is 0 Å². The summed E-state index contributed by atoms with van der Waals surface area (Å²) >= 11 is 5.86. The lowest BCUT2D eigenvalue weighted by atomic mass is 10.1. The Hall–Kier alpha value is -1.80. The minimum Gasteiger partial charge on any atom is -0.488 e. The first-order valence-corrected chi connectivity index (χ1v) is 6.59. The first-order chi connectivity index (χ1) is 9.24. The maximum Gasteiger partial charge on any atom is 0.154 e. The fraction of sp³-hybridized carbons (Fsp3) is 0.188. The van der Waals surface area contributed by atoms with Crippen molar-refractivity contribution in [2.24, 2.45) is 0 Å². The number of carbonyl (C=O) groups excluding carboxylic acids is 1. The Balaban J connectivity index is 2.24. The zero-order chi connectivity index (χ0) is 13.7. The van der Waals surface area contributed by atoms with E-state index in [-0.39, 0.29) is 0 Å². The van der Waals surface area contributed by atoms with Crippen LogP contribution < -0.4 is 4.74 Å². The summed E-state index contributed by atoms with van der Waals surface area (Å²) in [6.45, 7) is 2.40. The zero-order valence-corrected chi connectivity index (χ0v) is 11.5. The van der Waals surface area contributed by atoms with Crippen LogP contribution in [-0.2, 0) is 12.5 Å². The van der Waals surface area contributed by atoms with Gasteiger partial charge in [0.15, 0.2) is 6.29 Å². The van der Waals surface area contributed by atoms with E-state index < -0.39 is 0 Å². The molecule has 0 radical (unpaired) electrons. The van der Waals surface area contributed by atoms with Gasteiger partial charge in [-0.1, -0.05) is 36.4 Å². The van der Waals surface area contributed by atoms with E-state index in [0.717, 1.165) is 23.0 Å². The van der Waals surface area contributed by atoms with E-state index in [4.69, 9.17) is 16.3 Å². The van der Waals surface area contributed by atoms with Crippen molar-refractivity contribution in [2.45, 2.75) is 19.4 Å². The van der Waals surface area contributed by atoms with Gasteiger partial charge in [0.25, 0.3) is 0 Å². The predicted octanol–water partition coefficient (Wildman–Crippen LogP) is 4.13. The Morgan fingerprint density at radius 1 is 1.21 bits per heavy atom. The normalized spacial score (nSPS) is 10.2. The number of aldehydes is 1. The average molecular weight is 275 g/mol. The molecule has 0 N–H and O–H groups in total. The van der Waals surface area contributed by atoms with Crippen LogP contribution in [0.5, 0.6) is 5.75 Å². The van der Waals surface area contributed by atoms with E-state index in [1.807, 2.05) is 49.4 Å². The Morgan fingerprint density at radius 3 is 2.58 bits per heavy atom. The van der Waals surface area contributed by atoms with Crippen LogP contribution in [-0.4, -0.2) is 6.29 Å². The zero-order valence-electron chi connectivity index (χ0n) is 10.7. The summed E-state index contributed by atoms with van der Waals surface area (Å²) in [6, 6.07) is 13.6. The van der Waals surface area contributed by atoms with Crippen molar-refractivity contribution in [2.75, 3.05) is 0 Å². The molecule has 3 heteroatoms. The molecule has 0 saturated heterocycles. The van der Waals surface area contributed by atoms with Gasteiger partial charge in [0, 0.05) is 5.88 Å². The van der Waals surface area contributed by atoms with Crippen molar-refractivity contribution < 1.29 is 9.53 Å². The van der Waals surface area contributed by atoms with Gasteiger partial charge in [-0.3, -0.25) is 4.79 Å². The monoisotopic (exact) mass is 274 g/mol. The first-order valence-electron chi connectivity index (χ1n) is 6.06. The molecule has 0 bridgehead atoms. The summed E-state index contributed by atoms with van der Waals surface area (Å²) in [4.78, 5) is 11.2. The third-order valence-corrected chi connectivity index (χ3v) is 3.16. The summed E-state index contributed by atoms with van der Waals surface area (Å²) in [6.07, 6.45) is 0.803. The van der Waals surface area contributed by atoms with Crippen molar-refractivity contribution in [3.8, 4) is 5.75 Å². The van der Waals surface area contributed by atoms with Crippen LogP contribution in [0.25, 0.3) is 0 Å². The molecule has 19 heavy (non-hydrogen) atoms. The maximum absolute atomic E-state index is 11.2. The molecule has 2 aromatic rings. The highest BCUT2D eigenvalue weighted by Crippen LogP contribution is 2.25. The molecule has 0 aromatic heterocycles. The lowest BCUT2D eigenvalue weighted by Gasteiger charge is -2.12. The van der Waals surface area contributed by atoms with E-state index in [1.165, 1.54) is 0 Å². The van der Waals surface area contributed by atoms with Crippen LogP contribution in [0.15, 0.2) is 42.5 Å². The smallest absolute Gasteiger partial charge is 0.154 e. The number of carbonyl (C=O) groups is 1. The van der Waals surface area contributed by atoms with Gasteiger partial charge in [-0.05, 0) is 29.7 Å². The van der Waals surface area contributed by atoms with Crippen LogP contribution >= 0.6 is 11.6 Å². The molecule has 0 amide bonds. The second kappa shape index (κ2) is 6.39. The number of hydrogen-bond acceptors (Lipinski definition) is 2. The minimum atomic E-state index is 0.303. The Bertz CT molecular complexity index is 564. The molecule has 0 heterocycles. The van der Waals surface area contributed by atoms with Crippen LogP contribution in [0.4, 0.5) is 0 Å². The highest BCUT2D eigenvalue weighted by molar-refractivity contribution is 6.17. The molecular weight excluding hydrogens is 260 g/mol. The number of hydrogen-bond donors (Lipinski definition) is 0. The summed E-state index contributed by atoms with van der Waals surface area (Å²) < 4.78 is 5.75. The Morgan fingerprint density at radius 2 is 1.95 bits per heavy atom. The van der Waals surface area contributed by atoms with Gasteiger partial charge in [0.2, 0.25) is 0 Å². The number of aryl methyl sites for hydroxylation is 1. The fourth-order valence-corrected chi connectivity index (χ4v) is 2.16. The van der Waals surface area contributed by atoms with Crippen LogP contribution in [0, 0.1) is 6.92 Å². The van der Waals surface area contributed by atoms with Crippen molar-refractivity contribution >= 4 is 17.9 Å². The van der Waals surface area contributed by atoms with Crippen LogP contribution in [0.1, 0.15) is 27.0 Å². The lowest BCUT2D eigenvalue weighted by Crippen LogP contribution is -2.01. The molecule has 0 saturated carbocycles. The second-order valence-corrected chi connectivity index (χ2v) is 4.63. The molecule has 2 nitrogen and oxygen atoms in total.